The molecule has 2 aliphatic heterocycles. The van der Waals surface area contributed by atoms with Crippen molar-refractivity contribution in [3.05, 3.63) is 32.6 Å². The fourth-order valence-electron chi connectivity index (χ4n) is 5.12. The van der Waals surface area contributed by atoms with Gasteiger partial charge in [-0.3, -0.25) is 23.6 Å². The first-order valence-electron chi connectivity index (χ1n) is 11.2. The van der Waals surface area contributed by atoms with E-state index < -0.39 is 0 Å². The molecule has 29 heavy (non-hydrogen) atoms. The highest BCUT2D eigenvalue weighted by molar-refractivity contribution is 5.81. The van der Waals surface area contributed by atoms with Gasteiger partial charge in [0.05, 0.1) is 0 Å². The van der Waals surface area contributed by atoms with Gasteiger partial charge in [0.1, 0.15) is 0 Å². The molecule has 0 N–H and O–H groups in total. The summed E-state index contributed by atoms with van der Waals surface area (Å²) in [7, 11) is 3.25. The quantitative estimate of drug-likeness (QED) is 0.765. The second kappa shape index (κ2) is 8.46. The van der Waals surface area contributed by atoms with Crippen molar-refractivity contribution in [2.75, 3.05) is 19.6 Å². The van der Waals surface area contributed by atoms with E-state index in [1.54, 1.807) is 17.7 Å². The lowest BCUT2D eigenvalue weighted by Crippen LogP contribution is -2.48. The summed E-state index contributed by atoms with van der Waals surface area (Å²) in [6, 6.07) is 1.98. The van der Waals surface area contributed by atoms with Crippen LogP contribution in [0.3, 0.4) is 0 Å². The summed E-state index contributed by atoms with van der Waals surface area (Å²) in [5, 5.41) is 0. The fraction of sp³-hybridized carbons (Fsp3) is 0.773. The fourth-order valence-corrected chi connectivity index (χ4v) is 5.12. The molecule has 0 spiro atoms. The summed E-state index contributed by atoms with van der Waals surface area (Å²) in [6.45, 7) is 3.48. The number of likely N-dealkylation sites (tertiary alicyclic amines) is 2. The van der Waals surface area contributed by atoms with Gasteiger partial charge in [-0.25, -0.2) is 4.79 Å². The Kier molecular flexibility index (Phi) is 5.95. The minimum absolute atomic E-state index is 0.245. The average molecular weight is 403 g/mol. The van der Waals surface area contributed by atoms with Gasteiger partial charge >= 0.3 is 5.69 Å². The topological polar surface area (TPSA) is 67.5 Å². The molecule has 1 saturated carbocycles. The summed E-state index contributed by atoms with van der Waals surface area (Å²) in [4.78, 5) is 41.6. The van der Waals surface area contributed by atoms with Crippen LogP contribution in [-0.2, 0) is 25.4 Å². The van der Waals surface area contributed by atoms with Crippen molar-refractivity contribution < 1.29 is 4.79 Å². The minimum atomic E-state index is -0.268. The smallest absolute Gasteiger partial charge is 0.330 e. The molecular formula is C22H34N4O3. The molecule has 0 bridgehead atoms. The number of hydrogen-bond donors (Lipinski definition) is 0. The lowest BCUT2D eigenvalue weighted by atomic mass is 9.86. The number of carbonyl (C=O) groups is 1. The van der Waals surface area contributed by atoms with Gasteiger partial charge in [-0.1, -0.05) is 12.8 Å². The Balaban J connectivity index is 1.40. The van der Waals surface area contributed by atoms with E-state index in [2.05, 4.69) is 9.80 Å². The number of aromatic nitrogens is 2. The maximum atomic E-state index is 12.9. The second-order valence-corrected chi connectivity index (χ2v) is 9.21. The molecule has 1 aliphatic carbocycles. The Morgan fingerprint density at radius 1 is 0.931 bits per heavy atom. The Morgan fingerprint density at radius 3 is 2.34 bits per heavy atom. The molecule has 2 saturated heterocycles. The molecule has 3 aliphatic rings. The van der Waals surface area contributed by atoms with E-state index in [1.807, 2.05) is 0 Å². The Labute approximate surface area is 172 Å². The van der Waals surface area contributed by atoms with Crippen LogP contribution in [0, 0.1) is 11.8 Å². The number of nitrogens with zero attached hydrogens (tertiary/aromatic N) is 4. The third-order valence-corrected chi connectivity index (χ3v) is 7.20. The second-order valence-electron chi connectivity index (χ2n) is 9.21. The predicted octanol–water partition coefficient (Wildman–Crippen LogP) is 1.48. The van der Waals surface area contributed by atoms with E-state index in [-0.39, 0.29) is 11.2 Å². The molecule has 1 atom stereocenters. The average Bonchev–Trinajstić information content (AvgIpc) is 3.57. The van der Waals surface area contributed by atoms with E-state index in [0.717, 1.165) is 68.4 Å². The van der Waals surface area contributed by atoms with Crippen molar-refractivity contribution in [2.24, 2.45) is 25.9 Å². The van der Waals surface area contributed by atoms with E-state index in [9.17, 15) is 14.4 Å². The SMILES string of the molecule is Cn1c(CN2CCC([C@@H]3CCCCCN3C(=O)C3CC3)CC2)cc(=O)n(C)c1=O. The van der Waals surface area contributed by atoms with Crippen LogP contribution < -0.4 is 11.2 Å². The number of carbonyl (C=O) groups excluding carboxylic acids is 1. The van der Waals surface area contributed by atoms with E-state index in [4.69, 9.17) is 0 Å². The number of amides is 1. The van der Waals surface area contributed by atoms with Gasteiger partial charge in [0.15, 0.2) is 0 Å². The Hall–Kier alpha value is -1.89. The summed E-state index contributed by atoms with van der Waals surface area (Å²) >= 11 is 0. The maximum Gasteiger partial charge on any atom is 0.330 e. The normalized spacial score (nSPS) is 24.5. The molecule has 7 nitrogen and oxygen atoms in total. The highest BCUT2D eigenvalue weighted by Gasteiger charge is 2.39. The monoisotopic (exact) mass is 402 g/mol. The third kappa shape index (κ3) is 4.34. The summed E-state index contributed by atoms with van der Waals surface area (Å²) < 4.78 is 2.72. The van der Waals surface area contributed by atoms with E-state index in [1.165, 1.54) is 19.9 Å². The first-order valence-corrected chi connectivity index (χ1v) is 11.2. The highest BCUT2D eigenvalue weighted by Crippen LogP contribution is 2.36. The van der Waals surface area contributed by atoms with Crippen molar-refractivity contribution in [2.45, 2.75) is 64.0 Å². The van der Waals surface area contributed by atoms with Gasteiger partial charge in [-0.05, 0) is 57.5 Å². The third-order valence-electron chi connectivity index (χ3n) is 7.20. The van der Waals surface area contributed by atoms with Crippen LogP contribution in [0.5, 0.6) is 0 Å². The van der Waals surface area contributed by atoms with Gasteiger partial charge in [-0.15, -0.1) is 0 Å². The van der Waals surface area contributed by atoms with E-state index >= 15 is 0 Å². The minimum Gasteiger partial charge on any atom is -0.339 e. The van der Waals surface area contributed by atoms with Crippen LogP contribution in [-0.4, -0.2) is 50.5 Å². The van der Waals surface area contributed by atoms with Crippen LogP contribution in [0.4, 0.5) is 0 Å². The number of hydrogen-bond acceptors (Lipinski definition) is 4. The Bertz CT molecular complexity index is 862. The van der Waals surface area contributed by atoms with Crippen LogP contribution >= 0.6 is 0 Å². The lowest BCUT2D eigenvalue weighted by molar-refractivity contribution is -0.136. The predicted molar refractivity (Wildman–Crippen MR) is 112 cm³/mol. The van der Waals surface area contributed by atoms with Gasteiger partial charge in [-0.2, -0.15) is 0 Å². The zero-order chi connectivity index (χ0) is 20.5. The molecule has 0 aromatic carbocycles. The zero-order valence-corrected chi connectivity index (χ0v) is 17.8. The van der Waals surface area contributed by atoms with Gasteiger partial charge < -0.3 is 4.90 Å². The molecule has 1 amide bonds. The molecule has 4 rings (SSSR count). The van der Waals surface area contributed by atoms with Crippen molar-refractivity contribution in [1.82, 2.24) is 18.9 Å². The van der Waals surface area contributed by atoms with Crippen molar-refractivity contribution in [1.29, 1.82) is 0 Å². The van der Waals surface area contributed by atoms with Gasteiger partial charge in [0.2, 0.25) is 5.91 Å². The van der Waals surface area contributed by atoms with E-state index in [0.29, 0.717) is 30.3 Å². The molecule has 7 heteroatoms. The van der Waals surface area contributed by atoms with Gasteiger partial charge in [0, 0.05) is 50.9 Å². The molecule has 160 valence electrons. The van der Waals surface area contributed by atoms with Crippen LogP contribution in [0.2, 0.25) is 0 Å². The van der Waals surface area contributed by atoms with Crippen LogP contribution in [0.25, 0.3) is 0 Å². The molecule has 3 fully saturated rings. The molecule has 3 heterocycles. The van der Waals surface area contributed by atoms with Crippen molar-refractivity contribution in [3.8, 4) is 0 Å². The lowest BCUT2D eigenvalue weighted by Gasteiger charge is -2.41. The maximum absolute atomic E-state index is 12.9. The molecule has 1 aromatic heterocycles. The number of piperidine rings is 1. The highest BCUT2D eigenvalue weighted by atomic mass is 16.2. The zero-order valence-electron chi connectivity index (χ0n) is 17.8. The standard InChI is InChI=1S/C22H34N4O3/c1-23-18(14-20(27)24(2)22(23)29)15-25-12-9-16(10-13-25)19-6-4-3-5-11-26(19)21(28)17-7-8-17/h14,16-17,19H,3-13,15H2,1-2H3/t19-/m0/s1. The van der Waals surface area contributed by atoms with Crippen molar-refractivity contribution in [3.63, 3.8) is 0 Å². The first kappa shape index (κ1) is 20.4. The molecule has 0 unspecified atom stereocenters. The van der Waals surface area contributed by atoms with Crippen LogP contribution in [0.1, 0.15) is 57.1 Å². The van der Waals surface area contributed by atoms with Crippen LogP contribution in [0.15, 0.2) is 15.7 Å². The summed E-state index contributed by atoms with van der Waals surface area (Å²) in [6.07, 6.45) is 9.08. The largest absolute Gasteiger partial charge is 0.339 e. The molecule has 0 radical (unpaired) electrons. The summed E-state index contributed by atoms with van der Waals surface area (Å²) in [5.41, 5.74) is 0.261. The van der Waals surface area contributed by atoms with Crippen molar-refractivity contribution >= 4 is 5.91 Å². The first-order chi connectivity index (χ1) is 14.0. The molecule has 1 aromatic rings. The summed E-state index contributed by atoms with van der Waals surface area (Å²) in [5.74, 6) is 1.28. The number of rotatable bonds is 4. The van der Waals surface area contributed by atoms with Gasteiger partial charge in [0.25, 0.3) is 5.56 Å². The molecular weight excluding hydrogens is 368 g/mol. The Morgan fingerprint density at radius 2 is 1.66 bits per heavy atom.